The Kier molecular flexibility index (Phi) is 7.85. The van der Waals surface area contributed by atoms with Gasteiger partial charge in [0.05, 0.1) is 0 Å². The Morgan fingerprint density at radius 1 is 1.19 bits per heavy atom. The predicted octanol–water partition coefficient (Wildman–Crippen LogP) is 7.56. The molecule has 158 valence electrons. The van der Waals surface area contributed by atoms with Gasteiger partial charge in [-0.2, -0.15) is 0 Å². The number of carboxylic acid groups (broad SMARTS) is 1. The van der Waals surface area contributed by atoms with Crippen LogP contribution in [0.2, 0.25) is 0 Å². The summed E-state index contributed by atoms with van der Waals surface area (Å²) in [4.78, 5) is 10.9. The molecule has 0 amide bonds. The van der Waals surface area contributed by atoms with Gasteiger partial charge in [0.15, 0.2) is 0 Å². The molecule has 2 heteroatoms. The highest BCUT2D eigenvalue weighted by Crippen LogP contribution is 2.64. The molecule has 0 aromatic carbocycles. The van der Waals surface area contributed by atoms with E-state index >= 15 is 0 Å². The van der Waals surface area contributed by atoms with Crippen molar-refractivity contribution in [2.24, 2.45) is 40.4 Å². The number of fused-ring (bicyclic) bond motifs is 1. The van der Waals surface area contributed by atoms with Gasteiger partial charge in [-0.05, 0) is 85.4 Å². The molecule has 0 heterocycles. The van der Waals surface area contributed by atoms with Gasteiger partial charge >= 0.3 is 5.97 Å². The maximum absolute atomic E-state index is 10.9. The van der Waals surface area contributed by atoms with E-state index in [1.807, 2.05) is 0 Å². The van der Waals surface area contributed by atoms with E-state index in [0.717, 1.165) is 42.4 Å². The van der Waals surface area contributed by atoms with Gasteiger partial charge in [0.2, 0.25) is 0 Å². The first-order valence-electron chi connectivity index (χ1n) is 11.9. The van der Waals surface area contributed by atoms with Crippen molar-refractivity contribution in [1.82, 2.24) is 0 Å². The minimum atomic E-state index is -0.631. The molecule has 0 bridgehead atoms. The number of hydrogen-bond acceptors (Lipinski definition) is 1. The molecular formula is C25H46O2. The lowest BCUT2D eigenvalue weighted by Gasteiger charge is -2.55. The molecule has 6 unspecified atom stereocenters. The summed E-state index contributed by atoms with van der Waals surface area (Å²) in [6.45, 7) is 14.8. The van der Waals surface area contributed by atoms with E-state index in [-0.39, 0.29) is 0 Å². The molecule has 2 aliphatic rings. The van der Waals surface area contributed by atoms with Crippen molar-refractivity contribution in [1.29, 1.82) is 0 Å². The van der Waals surface area contributed by atoms with Crippen molar-refractivity contribution in [3.05, 3.63) is 0 Å². The number of rotatable bonds is 10. The van der Waals surface area contributed by atoms with E-state index in [0.29, 0.717) is 17.3 Å². The van der Waals surface area contributed by atoms with Crippen molar-refractivity contribution in [2.45, 2.75) is 112 Å². The first kappa shape index (κ1) is 22.8. The summed E-state index contributed by atoms with van der Waals surface area (Å²) in [5, 5.41) is 9.01. The van der Waals surface area contributed by atoms with Crippen LogP contribution >= 0.6 is 0 Å². The lowest BCUT2D eigenvalue weighted by Crippen LogP contribution is -2.48. The molecular weight excluding hydrogens is 332 g/mol. The highest BCUT2D eigenvalue weighted by molar-refractivity contribution is 5.66. The van der Waals surface area contributed by atoms with Crippen LogP contribution in [0.5, 0.6) is 0 Å². The van der Waals surface area contributed by atoms with Crippen molar-refractivity contribution in [2.75, 3.05) is 0 Å². The maximum Gasteiger partial charge on any atom is 0.303 e. The molecule has 2 fully saturated rings. The SMILES string of the molecule is CCCCC(C)(C(C)C)C1CCC2(C)C(CCCC(=O)O)CCC2C1CC. The van der Waals surface area contributed by atoms with E-state index in [9.17, 15) is 4.79 Å². The van der Waals surface area contributed by atoms with E-state index in [1.165, 1.54) is 51.4 Å². The van der Waals surface area contributed by atoms with Crippen molar-refractivity contribution in [3.8, 4) is 0 Å². The maximum atomic E-state index is 10.9. The molecule has 0 saturated heterocycles. The van der Waals surface area contributed by atoms with Gasteiger partial charge in [0.25, 0.3) is 0 Å². The second kappa shape index (κ2) is 9.31. The van der Waals surface area contributed by atoms with Crippen molar-refractivity contribution >= 4 is 5.97 Å². The number of aliphatic carboxylic acids is 1. The summed E-state index contributed by atoms with van der Waals surface area (Å²) in [5.74, 6) is 3.45. The standard InChI is InChI=1S/C25H46O2/c1-7-9-16-24(5,18(3)4)22-15-17-25(6)19(11-10-12-23(26)27)13-14-21(25)20(22)8-2/h18-22H,7-17H2,1-6H3,(H,26,27). The predicted molar refractivity (Wildman–Crippen MR) is 115 cm³/mol. The highest BCUT2D eigenvalue weighted by Gasteiger charge is 2.56. The normalized spacial score (nSPS) is 35.8. The first-order chi connectivity index (χ1) is 12.7. The Balaban J connectivity index is 2.17. The summed E-state index contributed by atoms with van der Waals surface area (Å²) < 4.78 is 0. The molecule has 2 aliphatic carbocycles. The van der Waals surface area contributed by atoms with Crippen LogP contribution in [-0.4, -0.2) is 11.1 Å². The smallest absolute Gasteiger partial charge is 0.303 e. The zero-order valence-electron chi connectivity index (χ0n) is 19.0. The minimum Gasteiger partial charge on any atom is -0.481 e. The summed E-state index contributed by atoms with van der Waals surface area (Å²) >= 11 is 0. The fraction of sp³-hybridized carbons (Fsp3) is 0.960. The van der Waals surface area contributed by atoms with Gasteiger partial charge in [-0.25, -0.2) is 0 Å². The highest BCUT2D eigenvalue weighted by atomic mass is 16.4. The largest absolute Gasteiger partial charge is 0.481 e. The molecule has 27 heavy (non-hydrogen) atoms. The van der Waals surface area contributed by atoms with Gasteiger partial charge in [-0.3, -0.25) is 4.79 Å². The van der Waals surface area contributed by atoms with Gasteiger partial charge in [0, 0.05) is 6.42 Å². The molecule has 6 atom stereocenters. The third-order valence-electron chi connectivity index (χ3n) is 9.28. The second-order valence-electron chi connectivity index (χ2n) is 10.7. The Morgan fingerprint density at radius 3 is 2.44 bits per heavy atom. The molecule has 0 aromatic heterocycles. The van der Waals surface area contributed by atoms with Crippen LogP contribution in [0, 0.1) is 40.4 Å². The van der Waals surface area contributed by atoms with E-state index < -0.39 is 5.97 Å². The fourth-order valence-corrected chi connectivity index (χ4v) is 7.22. The van der Waals surface area contributed by atoms with Crippen molar-refractivity contribution < 1.29 is 9.90 Å². The van der Waals surface area contributed by atoms with E-state index in [1.54, 1.807) is 0 Å². The Labute approximate surface area is 168 Å². The third kappa shape index (κ3) is 4.56. The van der Waals surface area contributed by atoms with E-state index in [4.69, 9.17) is 5.11 Å². The quantitative estimate of drug-likeness (QED) is 0.426. The molecule has 2 nitrogen and oxygen atoms in total. The topological polar surface area (TPSA) is 37.3 Å². The van der Waals surface area contributed by atoms with Crippen LogP contribution in [0.1, 0.15) is 112 Å². The number of carbonyl (C=O) groups is 1. The third-order valence-corrected chi connectivity index (χ3v) is 9.28. The molecule has 1 N–H and O–H groups in total. The fourth-order valence-electron chi connectivity index (χ4n) is 7.22. The van der Waals surface area contributed by atoms with E-state index in [2.05, 4.69) is 41.5 Å². The monoisotopic (exact) mass is 378 g/mol. The second-order valence-corrected chi connectivity index (χ2v) is 10.7. The lowest BCUT2D eigenvalue weighted by molar-refractivity contribution is -0.137. The zero-order chi connectivity index (χ0) is 20.2. The zero-order valence-corrected chi connectivity index (χ0v) is 19.0. The number of carboxylic acids is 1. The van der Waals surface area contributed by atoms with Gasteiger partial charge in [0.1, 0.15) is 0 Å². The van der Waals surface area contributed by atoms with Crippen molar-refractivity contribution in [3.63, 3.8) is 0 Å². The van der Waals surface area contributed by atoms with Crippen LogP contribution in [0.25, 0.3) is 0 Å². The van der Waals surface area contributed by atoms with Gasteiger partial charge in [-0.15, -0.1) is 0 Å². The number of unbranched alkanes of at least 4 members (excludes halogenated alkanes) is 1. The molecule has 0 radical (unpaired) electrons. The molecule has 0 spiro atoms. The van der Waals surface area contributed by atoms with Crippen LogP contribution in [0.15, 0.2) is 0 Å². The Morgan fingerprint density at radius 2 is 1.89 bits per heavy atom. The summed E-state index contributed by atoms with van der Waals surface area (Å²) in [5.41, 5.74) is 0.928. The molecule has 0 aromatic rings. The first-order valence-corrected chi connectivity index (χ1v) is 11.9. The minimum absolute atomic E-state index is 0.347. The van der Waals surface area contributed by atoms with Gasteiger partial charge < -0.3 is 5.11 Å². The van der Waals surface area contributed by atoms with Gasteiger partial charge in [-0.1, -0.05) is 60.8 Å². The average Bonchev–Trinajstić information content (AvgIpc) is 2.95. The Hall–Kier alpha value is -0.530. The molecule has 2 saturated carbocycles. The van der Waals surface area contributed by atoms with Crippen LogP contribution in [0.4, 0.5) is 0 Å². The molecule has 0 aliphatic heterocycles. The summed E-state index contributed by atoms with van der Waals surface area (Å²) in [7, 11) is 0. The average molecular weight is 379 g/mol. The molecule has 2 rings (SSSR count). The summed E-state index contributed by atoms with van der Waals surface area (Å²) in [6.07, 6.45) is 13.2. The lowest BCUT2D eigenvalue weighted by atomic mass is 9.50. The van der Waals surface area contributed by atoms with Crippen LogP contribution in [-0.2, 0) is 4.79 Å². The Bertz CT molecular complexity index is 485. The summed E-state index contributed by atoms with van der Waals surface area (Å²) in [6, 6.07) is 0. The number of hydrogen-bond donors (Lipinski definition) is 1. The van der Waals surface area contributed by atoms with Crippen LogP contribution < -0.4 is 0 Å². The van der Waals surface area contributed by atoms with Crippen LogP contribution in [0.3, 0.4) is 0 Å².